The number of hydrogen-bond acceptors (Lipinski definition) is 4. The number of methoxy groups -OCH3 is 1. The lowest BCUT2D eigenvalue weighted by molar-refractivity contribution is 0.118. The highest BCUT2D eigenvalue weighted by Gasteiger charge is 2.20. The third kappa shape index (κ3) is 2.40. The molecule has 0 spiro atoms. The van der Waals surface area contributed by atoms with Crippen molar-refractivity contribution in [2.45, 2.75) is 25.0 Å². The fourth-order valence-electron chi connectivity index (χ4n) is 1.84. The summed E-state index contributed by atoms with van der Waals surface area (Å²) in [7, 11) is 1.70. The van der Waals surface area contributed by atoms with Gasteiger partial charge in [-0.2, -0.15) is 0 Å². The van der Waals surface area contributed by atoms with Crippen LogP contribution in [0.4, 0.5) is 5.82 Å². The van der Waals surface area contributed by atoms with E-state index in [0.29, 0.717) is 5.82 Å². The molecule has 0 saturated heterocycles. The largest absolute Gasteiger partial charge is 0.377 e. The maximum atomic E-state index is 9.98. The number of rotatable bonds is 3. The van der Waals surface area contributed by atoms with Crippen LogP contribution in [0.2, 0.25) is 0 Å². The molecule has 0 amide bonds. The number of anilines is 1. The first-order valence-electron chi connectivity index (χ1n) is 5.41. The van der Waals surface area contributed by atoms with Crippen LogP contribution in [0.5, 0.6) is 0 Å². The molecule has 0 bridgehead atoms. The third-order valence-corrected chi connectivity index (χ3v) is 2.80. The van der Waals surface area contributed by atoms with E-state index in [9.17, 15) is 5.21 Å². The predicted octanol–water partition coefficient (Wildman–Crippen LogP) is 2.01. The van der Waals surface area contributed by atoms with E-state index >= 15 is 0 Å². The lowest BCUT2D eigenvalue weighted by Gasteiger charge is -2.28. The highest BCUT2D eigenvalue weighted by molar-refractivity contribution is 5.37. The van der Waals surface area contributed by atoms with Gasteiger partial charge in [-0.05, 0) is 25.0 Å². The molecular formula is C12H16N2O2. The zero-order chi connectivity index (χ0) is 11.4. The van der Waals surface area contributed by atoms with Gasteiger partial charge in [0.15, 0.2) is 5.82 Å². The van der Waals surface area contributed by atoms with Gasteiger partial charge >= 0.3 is 0 Å². The zero-order valence-electron chi connectivity index (χ0n) is 9.28. The second kappa shape index (κ2) is 5.09. The molecule has 1 aliphatic rings. The summed E-state index contributed by atoms with van der Waals surface area (Å²) in [6, 6.07) is 5.46. The lowest BCUT2D eigenvalue weighted by atomic mass is 10.0. The number of hydroxylamine groups is 1. The van der Waals surface area contributed by atoms with Crippen molar-refractivity contribution < 1.29 is 9.94 Å². The summed E-state index contributed by atoms with van der Waals surface area (Å²) in [5.74, 6) is 0.577. The number of ether oxygens (including phenoxy) is 1. The summed E-state index contributed by atoms with van der Waals surface area (Å²) in [5.41, 5.74) is 0. The molecule has 1 aromatic heterocycles. The molecule has 2 atom stereocenters. The molecule has 1 aromatic rings. The van der Waals surface area contributed by atoms with E-state index < -0.39 is 0 Å². The van der Waals surface area contributed by atoms with Crippen LogP contribution in [0.15, 0.2) is 36.5 Å². The maximum Gasteiger partial charge on any atom is 0.152 e. The number of nitrogens with zero attached hydrogens (tertiary/aromatic N) is 2. The molecule has 1 heterocycles. The summed E-state index contributed by atoms with van der Waals surface area (Å²) in [6.07, 6.45) is 7.58. The number of pyridine rings is 1. The number of aromatic nitrogens is 1. The predicted molar refractivity (Wildman–Crippen MR) is 61.5 cm³/mol. The molecule has 4 nitrogen and oxygen atoms in total. The van der Waals surface area contributed by atoms with Crippen LogP contribution in [0.1, 0.15) is 12.8 Å². The molecule has 2 rings (SSSR count). The van der Waals surface area contributed by atoms with Crippen molar-refractivity contribution in [3.63, 3.8) is 0 Å². The summed E-state index contributed by atoms with van der Waals surface area (Å²) < 4.78 is 5.22. The molecule has 0 unspecified atom stereocenters. The zero-order valence-corrected chi connectivity index (χ0v) is 9.28. The summed E-state index contributed by atoms with van der Waals surface area (Å²) in [4.78, 5) is 4.10. The van der Waals surface area contributed by atoms with Crippen LogP contribution in [0, 0.1) is 0 Å². The number of hydrogen-bond donors (Lipinski definition) is 1. The van der Waals surface area contributed by atoms with Crippen molar-refractivity contribution in [2.75, 3.05) is 12.2 Å². The Morgan fingerprint density at radius 3 is 2.81 bits per heavy atom. The van der Waals surface area contributed by atoms with Gasteiger partial charge in [0.25, 0.3) is 0 Å². The minimum Gasteiger partial charge on any atom is -0.377 e. The van der Waals surface area contributed by atoms with Crippen molar-refractivity contribution in [3.05, 3.63) is 36.5 Å². The smallest absolute Gasteiger partial charge is 0.152 e. The van der Waals surface area contributed by atoms with Crippen molar-refractivity contribution in [2.24, 2.45) is 0 Å². The topological polar surface area (TPSA) is 45.6 Å². The van der Waals surface area contributed by atoms with Gasteiger partial charge in [-0.15, -0.1) is 0 Å². The highest BCUT2D eigenvalue weighted by Crippen LogP contribution is 2.21. The Bertz CT molecular complexity index is 353. The van der Waals surface area contributed by atoms with E-state index in [-0.39, 0.29) is 12.1 Å². The first kappa shape index (κ1) is 11.1. The van der Waals surface area contributed by atoms with Crippen LogP contribution in [0.25, 0.3) is 0 Å². The van der Waals surface area contributed by atoms with Gasteiger partial charge in [-0.25, -0.2) is 10.0 Å². The van der Waals surface area contributed by atoms with Crippen LogP contribution in [-0.2, 0) is 4.74 Å². The Kier molecular flexibility index (Phi) is 3.54. The first-order valence-corrected chi connectivity index (χ1v) is 5.41. The molecule has 0 saturated carbocycles. The SMILES string of the molecule is CO[C@H]1C=C[C@H](N(O)c2ccccn2)CC1. The highest BCUT2D eigenvalue weighted by atomic mass is 16.5. The Balaban J connectivity index is 2.04. The molecule has 4 heteroatoms. The third-order valence-electron chi connectivity index (χ3n) is 2.80. The molecule has 0 aromatic carbocycles. The second-order valence-electron chi connectivity index (χ2n) is 3.84. The summed E-state index contributed by atoms with van der Waals surface area (Å²) in [5, 5.41) is 11.2. The molecular weight excluding hydrogens is 204 g/mol. The fraction of sp³-hybridized carbons (Fsp3) is 0.417. The molecule has 0 radical (unpaired) electrons. The normalized spacial score (nSPS) is 24.4. The average Bonchev–Trinajstić information content (AvgIpc) is 2.39. The fourth-order valence-corrected chi connectivity index (χ4v) is 1.84. The van der Waals surface area contributed by atoms with E-state index in [0.717, 1.165) is 12.8 Å². The van der Waals surface area contributed by atoms with Gasteiger partial charge in [-0.1, -0.05) is 18.2 Å². The van der Waals surface area contributed by atoms with Gasteiger partial charge in [0.05, 0.1) is 12.1 Å². The Labute approximate surface area is 95.1 Å². The van der Waals surface area contributed by atoms with Crippen molar-refractivity contribution in [1.29, 1.82) is 0 Å². The van der Waals surface area contributed by atoms with Crippen LogP contribution in [-0.4, -0.2) is 29.4 Å². The molecule has 86 valence electrons. The van der Waals surface area contributed by atoms with Crippen LogP contribution < -0.4 is 5.06 Å². The van der Waals surface area contributed by atoms with Crippen molar-refractivity contribution in [1.82, 2.24) is 4.98 Å². The van der Waals surface area contributed by atoms with Crippen LogP contribution >= 0.6 is 0 Å². The standard InChI is InChI=1S/C12H16N2O2/c1-16-11-7-5-10(6-8-11)14(15)12-4-2-3-9-13-12/h2-5,7,9-11,15H,6,8H2,1H3/t10-,11-/m0/s1. The Morgan fingerprint density at radius 1 is 1.38 bits per heavy atom. The minimum absolute atomic E-state index is 0.0127. The molecule has 1 aliphatic carbocycles. The molecule has 0 fully saturated rings. The van der Waals surface area contributed by atoms with E-state index in [2.05, 4.69) is 4.98 Å². The summed E-state index contributed by atoms with van der Waals surface area (Å²) in [6.45, 7) is 0. The Morgan fingerprint density at radius 2 is 2.25 bits per heavy atom. The Hall–Kier alpha value is -1.39. The van der Waals surface area contributed by atoms with Gasteiger partial charge in [0, 0.05) is 13.3 Å². The molecule has 16 heavy (non-hydrogen) atoms. The first-order chi connectivity index (χ1) is 7.81. The average molecular weight is 220 g/mol. The van der Waals surface area contributed by atoms with Crippen molar-refractivity contribution >= 4 is 5.82 Å². The van der Waals surface area contributed by atoms with E-state index in [4.69, 9.17) is 4.74 Å². The van der Waals surface area contributed by atoms with E-state index in [1.807, 2.05) is 24.3 Å². The van der Waals surface area contributed by atoms with Gasteiger partial charge in [-0.3, -0.25) is 5.21 Å². The summed E-state index contributed by atoms with van der Waals surface area (Å²) >= 11 is 0. The minimum atomic E-state index is -0.0127. The van der Waals surface area contributed by atoms with Crippen molar-refractivity contribution in [3.8, 4) is 0 Å². The van der Waals surface area contributed by atoms with Crippen LogP contribution in [0.3, 0.4) is 0 Å². The second-order valence-corrected chi connectivity index (χ2v) is 3.84. The van der Waals surface area contributed by atoms with E-state index in [1.54, 1.807) is 19.4 Å². The lowest BCUT2D eigenvalue weighted by Crippen LogP contribution is -2.34. The van der Waals surface area contributed by atoms with Gasteiger partial charge in [0.2, 0.25) is 0 Å². The maximum absolute atomic E-state index is 9.98. The quantitative estimate of drug-likeness (QED) is 0.625. The van der Waals surface area contributed by atoms with Gasteiger partial charge < -0.3 is 4.74 Å². The molecule has 0 aliphatic heterocycles. The molecule has 1 N–H and O–H groups in total. The monoisotopic (exact) mass is 220 g/mol. The van der Waals surface area contributed by atoms with E-state index in [1.165, 1.54) is 5.06 Å². The van der Waals surface area contributed by atoms with Gasteiger partial charge in [0.1, 0.15) is 0 Å².